The minimum atomic E-state index is -0.341. The van der Waals surface area contributed by atoms with E-state index in [0.29, 0.717) is 10.9 Å². The van der Waals surface area contributed by atoms with E-state index in [0.717, 1.165) is 6.54 Å². The highest BCUT2D eigenvalue weighted by Crippen LogP contribution is 2.15. The first-order valence-electron chi connectivity index (χ1n) is 4.94. The van der Waals surface area contributed by atoms with Gasteiger partial charge in [-0.1, -0.05) is 11.3 Å². The Bertz CT molecular complexity index is 499. The topological polar surface area (TPSA) is 92.7 Å². The van der Waals surface area contributed by atoms with Crippen LogP contribution in [0.25, 0.3) is 0 Å². The molecule has 0 aliphatic rings. The highest BCUT2D eigenvalue weighted by Gasteiger charge is 2.12. The zero-order valence-electron chi connectivity index (χ0n) is 9.04. The molecule has 0 saturated heterocycles. The van der Waals surface area contributed by atoms with Crippen LogP contribution < -0.4 is 10.6 Å². The zero-order chi connectivity index (χ0) is 12.1. The van der Waals surface area contributed by atoms with Crippen molar-refractivity contribution in [3.8, 4) is 0 Å². The lowest BCUT2D eigenvalue weighted by Crippen LogP contribution is -2.12. The average Bonchev–Trinajstić information content (AvgIpc) is 2.79. The van der Waals surface area contributed by atoms with Crippen molar-refractivity contribution in [1.82, 2.24) is 20.2 Å². The van der Waals surface area contributed by atoms with Gasteiger partial charge in [-0.05, 0) is 6.92 Å². The highest BCUT2D eigenvalue weighted by molar-refractivity contribution is 7.17. The van der Waals surface area contributed by atoms with Crippen LogP contribution in [-0.4, -0.2) is 32.6 Å². The van der Waals surface area contributed by atoms with Gasteiger partial charge in [-0.15, -0.1) is 10.2 Å². The lowest BCUT2D eigenvalue weighted by Gasteiger charge is -1.99. The minimum Gasteiger partial charge on any atom is -0.360 e. The number of nitrogens with zero attached hydrogens (tertiary/aromatic N) is 4. The van der Waals surface area contributed by atoms with Crippen molar-refractivity contribution in [2.45, 2.75) is 6.92 Å². The molecule has 0 atom stereocenters. The third kappa shape index (κ3) is 2.94. The molecule has 2 heterocycles. The zero-order valence-corrected chi connectivity index (χ0v) is 9.86. The van der Waals surface area contributed by atoms with E-state index in [4.69, 9.17) is 0 Å². The SMILES string of the molecule is CCNc1nnc(C(=O)Nc2cnccn2)s1. The first-order valence-corrected chi connectivity index (χ1v) is 5.76. The fourth-order valence-electron chi connectivity index (χ4n) is 1.07. The molecule has 2 aromatic heterocycles. The van der Waals surface area contributed by atoms with Gasteiger partial charge >= 0.3 is 0 Å². The summed E-state index contributed by atoms with van der Waals surface area (Å²) in [6, 6.07) is 0. The largest absolute Gasteiger partial charge is 0.360 e. The molecule has 0 unspecified atom stereocenters. The molecular weight excluding hydrogens is 240 g/mol. The second-order valence-electron chi connectivity index (χ2n) is 2.99. The molecule has 1 amide bonds. The Labute approximate surface area is 101 Å². The molecule has 0 aromatic carbocycles. The summed E-state index contributed by atoms with van der Waals surface area (Å²) in [5.74, 6) is 0.0462. The molecule has 2 rings (SSSR count). The normalized spacial score (nSPS) is 9.94. The van der Waals surface area contributed by atoms with Gasteiger partial charge in [0.15, 0.2) is 5.82 Å². The monoisotopic (exact) mass is 250 g/mol. The summed E-state index contributed by atoms with van der Waals surface area (Å²) in [7, 11) is 0. The number of hydrogen-bond acceptors (Lipinski definition) is 7. The van der Waals surface area contributed by atoms with E-state index < -0.39 is 0 Å². The number of carbonyl (C=O) groups is 1. The van der Waals surface area contributed by atoms with Crippen molar-refractivity contribution >= 4 is 28.2 Å². The molecule has 0 aliphatic heterocycles. The summed E-state index contributed by atoms with van der Waals surface area (Å²) < 4.78 is 0. The summed E-state index contributed by atoms with van der Waals surface area (Å²) in [5.41, 5.74) is 0. The summed E-state index contributed by atoms with van der Waals surface area (Å²) in [4.78, 5) is 19.5. The van der Waals surface area contributed by atoms with Gasteiger partial charge in [-0.3, -0.25) is 9.78 Å². The van der Waals surface area contributed by atoms with Crippen molar-refractivity contribution in [2.75, 3.05) is 17.2 Å². The van der Waals surface area contributed by atoms with Gasteiger partial charge in [0, 0.05) is 18.9 Å². The Kier molecular flexibility index (Phi) is 3.55. The first-order chi connectivity index (χ1) is 8.29. The summed E-state index contributed by atoms with van der Waals surface area (Å²) in [6.07, 6.45) is 4.49. The summed E-state index contributed by atoms with van der Waals surface area (Å²) in [5, 5.41) is 14.1. The van der Waals surface area contributed by atoms with Crippen molar-refractivity contribution in [1.29, 1.82) is 0 Å². The van der Waals surface area contributed by atoms with Crippen LogP contribution in [0.2, 0.25) is 0 Å². The van der Waals surface area contributed by atoms with Gasteiger partial charge in [-0.2, -0.15) is 0 Å². The third-order valence-corrected chi connectivity index (χ3v) is 2.63. The maximum absolute atomic E-state index is 11.7. The lowest BCUT2D eigenvalue weighted by molar-refractivity contribution is 0.102. The Morgan fingerprint density at radius 2 is 2.29 bits per heavy atom. The van der Waals surface area contributed by atoms with Crippen molar-refractivity contribution in [2.24, 2.45) is 0 Å². The maximum Gasteiger partial charge on any atom is 0.287 e. The van der Waals surface area contributed by atoms with Gasteiger partial charge in [0.1, 0.15) is 0 Å². The van der Waals surface area contributed by atoms with Crippen molar-refractivity contribution in [3.05, 3.63) is 23.6 Å². The molecule has 8 heteroatoms. The van der Waals surface area contributed by atoms with Crippen LogP contribution >= 0.6 is 11.3 Å². The van der Waals surface area contributed by atoms with Gasteiger partial charge in [0.2, 0.25) is 10.1 Å². The van der Waals surface area contributed by atoms with Crippen LogP contribution in [0.5, 0.6) is 0 Å². The second-order valence-corrected chi connectivity index (χ2v) is 3.96. The Hall–Kier alpha value is -2.09. The highest BCUT2D eigenvalue weighted by atomic mass is 32.1. The predicted molar refractivity (Wildman–Crippen MR) is 64.1 cm³/mol. The maximum atomic E-state index is 11.7. The van der Waals surface area contributed by atoms with Crippen LogP contribution in [-0.2, 0) is 0 Å². The molecule has 7 nitrogen and oxygen atoms in total. The second kappa shape index (κ2) is 5.30. The fourth-order valence-corrected chi connectivity index (χ4v) is 1.78. The molecule has 2 aromatic rings. The molecule has 2 N–H and O–H groups in total. The van der Waals surface area contributed by atoms with E-state index in [1.165, 1.54) is 29.9 Å². The fraction of sp³-hybridized carbons (Fsp3) is 0.222. The Morgan fingerprint density at radius 3 is 3.00 bits per heavy atom. The number of aromatic nitrogens is 4. The van der Waals surface area contributed by atoms with E-state index >= 15 is 0 Å². The van der Waals surface area contributed by atoms with Crippen LogP contribution in [0.1, 0.15) is 16.7 Å². The van der Waals surface area contributed by atoms with E-state index in [1.54, 1.807) is 0 Å². The van der Waals surface area contributed by atoms with E-state index in [9.17, 15) is 4.79 Å². The van der Waals surface area contributed by atoms with Crippen molar-refractivity contribution < 1.29 is 4.79 Å². The molecule has 0 spiro atoms. The number of carbonyl (C=O) groups excluding carboxylic acids is 1. The van der Waals surface area contributed by atoms with E-state index in [-0.39, 0.29) is 10.9 Å². The lowest BCUT2D eigenvalue weighted by atomic mass is 10.6. The van der Waals surface area contributed by atoms with E-state index in [2.05, 4.69) is 30.8 Å². The number of rotatable bonds is 4. The summed E-state index contributed by atoms with van der Waals surface area (Å²) in [6.45, 7) is 2.68. The molecule has 0 bridgehead atoms. The quantitative estimate of drug-likeness (QED) is 0.841. The van der Waals surface area contributed by atoms with Gasteiger partial charge in [-0.25, -0.2) is 4.98 Å². The Balaban J connectivity index is 2.04. The van der Waals surface area contributed by atoms with E-state index in [1.807, 2.05) is 6.92 Å². The molecular formula is C9H10N6OS. The third-order valence-electron chi connectivity index (χ3n) is 1.75. The van der Waals surface area contributed by atoms with Crippen LogP contribution in [0.3, 0.4) is 0 Å². The van der Waals surface area contributed by atoms with Crippen LogP contribution in [0, 0.1) is 0 Å². The molecule has 0 fully saturated rings. The molecule has 0 saturated carbocycles. The van der Waals surface area contributed by atoms with Crippen LogP contribution in [0.15, 0.2) is 18.6 Å². The number of anilines is 2. The van der Waals surface area contributed by atoms with Gasteiger partial charge in [0.05, 0.1) is 6.20 Å². The average molecular weight is 250 g/mol. The van der Waals surface area contributed by atoms with Gasteiger partial charge < -0.3 is 10.6 Å². The molecule has 17 heavy (non-hydrogen) atoms. The molecule has 0 aliphatic carbocycles. The minimum absolute atomic E-state index is 0.284. The Morgan fingerprint density at radius 1 is 1.41 bits per heavy atom. The standard InChI is InChI=1S/C9H10N6OS/c1-2-11-9-15-14-8(17-9)7(16)13-6-5-10-3-4-12-6/h3-5H,2H2,1H3,(H,11,15)(H,12,13,16). The van der Waals surface area contributed by atoms with Gasteiger partial charge in [0.25, 0.3) is 5.91 Å². The predicted octanol–water partition coefficient (Wildman–Crippen LogP) is 1.01. The molecule has 88 valence electrons. The van der Waals surface area contributed by atoms with Crippen LogP contribution in [0.4, 0.5) is 10.9 Å². The van der Waals surface area contributed by atoms with Crippen molar-refractivity contribution in [3.63, 3.8) is 0 Å². The smallest absolute Gasteiger partial charge is 0.287 e. The summed E-state index contributed by atoms with van der Waals surface area (Å²) >= 11 is 1.19. The number of amides is 1. The number of nitrogens with one attached hydrogen (secondary N) is 2. The number of hydrogen-bond donors (Lipinski definition) is 2. The molecule has 0 radical (unpaired) electrons. The first kappa shape index (κ1) is 11.4.